The lowest BCUT2D eigenvalue weighted by Crippen LogP contribution is -2.10. The van der Waals surface area contributed by atoms with Crippen LogP contribution in [0.25, 0.3) is 11.0 Å². The summed E-state index contributed by atoms with van der Waals surface area (Å²) in [6, 6.07) is 11.4. The molecule has 0 amide bonds. The van der Waals surface area contributed by atoms with Crippen molar-refractivity contribution >= 4 is 28.2 Å². The van der Waals surface area contributed by atoms with E-state index in [4.69, 9.17) is 27.1 Å². The van der Waals surface area contributed by atoms with Crippen molar-refractivity contribution < 1.29 is 9.15 Å². The van der Waals surface area contributed by atoms with E-state index in [-0.39, 0.29) is 4.99 Å². The lowest BCUT2D eigenvalue weighted by atomic mass is 10.2. The molecule has 100 valence electrons. The lowest BCUT2D eigenvalue weighted by molar-refractivity contribution is 0.304. The molecule has 0 aliphatic heterocycles. The van der Waals surface area contributed by atoms with Crippen LogP contribution in [0.4, 0.5) is 0 Å². The van der Waals surface area contributed by atoms with E-state index in [9.17, 15) is 0 Å². The Hall–Kier alpha value is -2.40. The highest BCUT2D eigenvalue weighted by molar-refractivity contribution is 7.80. The zero-order valence-corrected chi connectivity index (χ0v) is 11.4. The van der Waals surface area contributed by atoms with Gasteiger partial charge in [0.2, 0.25) is 5.76 Å². The standard InChI is InChI=1S/C15H12N2O2S/c16-15(20)14-13(11-3-1-2-4-12(11)19-14)18-9-10-5-7-17-8-6-10/h1-8H,9H2,(H2,16,20). The molecule has 2 heterocycles. The summed E-state index contributed by atoms with van der Waals surface area (Å²) in [6.45, 7) is 0.404. The van der Waals surface area contributed by atoms with Gasteiger partial charge in [-0.15, -0.1) is 0 Å². The molecule has 0 aliphatic carbocycles. The smallest absolute Gasteiger partial charge is 0.204 e. The molecule has 0 bridgehead atoms. The molecule has 3 rings (SSSR count). The highest BCUT2D eigenvalue weighted by atomic mass is 32.1. The van der Waals surface area contributed by atoms with E-state index in [0.29, 0.717) is 23.7 Å². The van der Waals surface area contributed by atoms with Crippen LogP contribution in [0.15, 0.2) is 53.2 Å². The summed E-state index contributed by atoms with van der Waals surface area (Å²) in [5.74, 6) is 1.00. The largest absolute Gasteiger partial charge is 0.484 e. The number of fused-ring (bicyclic) bond motifs is 1. The minimum atomic E-state index is 0.186. The number of nitrogens with two attached hydrogens (primary N) is 1. The van der Waals surface area contributed by atoms with E-state index < -0.39 is 0 Å². The van der Waals surface area contributed by atoms with E-state index in [1.807, 2.05) is 36.4 Å². The molecule has 1 aromatic carbocycles. The minimum absolute atomic E-state index is 0.186. The molecule has 0 fully saturated rings. The van der Waals surface area contributed by atoms with E-state index in [0.717, 1.165) is 10.9 Å². The average Bonchev–Trinajstić information content (AvgIpc) is 2.85. The van der Waals surface area contributed by atoms with Crippen molar-refractivity contribution in [2.75, 3.05) is 0 Å². The number of benzene rings is 1. The van der Waals surface area contributed by atoms with E-state index in [1.54, 1.807) is 12.4 Å². The number of hydrogen-bond donors (Lipinski definition) is 1. The Balaban J connectivity index is 1.97. The van der Waals surface area contributed by atoms with Crippen molar-refractivity contribution in [2.24, 2.45) is 5.73 Å². The van der Waals surface area contributed by atoms with Crippen LogP contribution in [0, 0.1) is 0 Å². The number of nitrogens with zero attached hydrogens (tertiary/aromatic N) is 1. The lowest BCUT2D eigenvalue weighted by Gasteiger charge is -2.06. The predicted octanol–water partition coefficient (Wildman–Crippen LogP) is 3.04. The van der Waals surface area contributed by atoms with Crippen LogP contribution >= 0.6 is 12.2 Å². The van der Waals surface area contributed by atoms with E-state index in [1.165, 1.54) is 0 Å². The molecule has 0 saturated heterocycles. The fourth-order valence-corrected chi connectivity index (χ4v) is 2.10. The van der Waals surface area contributed by atoms with Crippen molar-refractivity contribution in [3.05, 3.63) is 60.1 Å². The first-order valence-electron chi connectivity index (χ1n) is 6.09. The Morgan fingerprint density at radius 3 is 2.70 bits per heavy atom. The molecule has 0 atom stereocenters. The van der Waals surface area contributed by atoms with Gasteiger partial charge in [-0.2, -0.15) is 0 Å². The molecule has 20 heavy (non-hydrogen) atoms. The summed E-state index contributed by atoms with van der Waals surface area (Å²) < 4.78 is 11.5. The van der Waals surface area contributed by atoms with Crippen LogP contribution in [-0.2, 0) is 6.61 Å². The molecule has 2 N–H and O–H groups in total. The van der Waals surface area contributed by atoms with Crippen LogP contribution in [0.3, 0.4) is 0 Å². The maximum Gasteiger partial charge on any atom is 0.204 e. The molecular formula is C15H12N2O2S. The van der Waals surface area contributed by atoms with Crippen molar-refractivity contribution in [2.45, 2.75) is 6.61 Å². The number of hydrogen-bond acceptors (Lipinski definition) is 4. The van der Waals surface area contributed by atoms with E-state index >= 15 is 0 Å². The third kappa shape index (κ3) is 2.35. The van der Waals surface area contributed by atoms with Gasteiger partial charge in [-0.25, -0.2) is 0 Å². The molecule has 0 unspecified atom stereocenters. The summed E-state index contributed by atoms with van der Waals surface area (Å²) in [5, 5.41) is 0.865. The molecule has 0 spiro atoms. The van der Waals surface area contributed by atoms with Gasteiger partial charge in [0.25, 0.3) is 0 Å². The van der Waals surface area contributed by atoms with Crippen molar-refractivity contribution in [3.8, 4) is 5.75 Å². The van der Waals surface area contributed by atoms with Gasteiger partial charge in [-0.3, -0.25) is 4.98 Å². The van der Waals surface area contributed by atoms with Gasteiger partial charge in [0.05, 0.1) is 5.39 Å². The highest BCUT2D eigenvalue weighted by Crippen LogP contribution is 2.33. The second kappa shape index (κ2) is 5.30. The van der Waals surface area contributed by atoms with Gasteiger partial charge in [-0.1, -0.05) is 24.4 Å². The number of para-hydroxylation sites is 1. The summed E-state index contributed by atoms with van der Waals surface area (Å²) in [5.41, 5.74) is 7.42. The monoisotopic (exact) mass is 284 g/mol. The zero-order chi connectivity index (χ0) is 13.9. The Morgan fingerprint density at radius 1 is 1.20 bits per heavy atom. The third-order valence-electron chi connectivity index (χ3n) is 2.91. The number of ether oxygens (including phenoxy) is 1. The van der Waals surface area contributed by atoms with Gasteiger partial charge in [0, 0.05) is 12.4 Å². The first-order valence-corrected chi connectivity index (χ1v) is 6.49. The molecular weight excluding hydrogens is 272 g/mol. The van der Waals surface area contributed by atoms with Crippen molar-refractivity contribution in [3.63, 3.8) is 0 Å². The van der Waals surface area contributed by atoms with E-state index in [2.05, 4.69) is 4.98 Å². The fraction of sp³-hybridized carbons (Fsp3) is 0.0667. The second-order valence-corrected chi connectivity index (χ2v) is 4.70. The summed E-state index contributed by atoms with van der Waals surface area (Å²) in [7, 11) is 0. The SMILES string of the molecule is NC(=S)c1oc2ccccc2c1OCc1ccncc1. The van der Waals surface area contributed by atoms with Gasteiger partial charge >= 0.3 is 0 Å². The molecule has 0 radical (unpaired) electrons. The highest BCUT2D eigenvalue weighted by Gasteiger charge is 2.17. The fourth-order valence-electron chi connectivity index (χ4n) is 1.96. The number of aromatic nitrogens is 1. The molecule has 5 heteroatoms. The summed E-state index contributed by atoms with van der Waals surface area (Å²) in [4.78, 5) is 4.16. The van der Waals surface area contributed by atoms with Crippen LogP contribution in [0.2, 0.25) is 0 Å². The number of pyridine rings is 1. The van der Waals surface area contributed by atoms with Crippen LogP contribution in [0.1, 0.15) is 11.3 Å². The molecule has 2 aromatic heterocycles. The maximum absolute atomic E-state index is 5.85. The van der Waals surface area contributed by atoms with Gasteiger partial charge in [0.15, 0.2) is 5.75 Å². The number of furan rings is 1. The van der Waals surface area contributed by atoms with Crippen LogP contribution < -0.4 is 10.5 Å². The molecule has 0 aliphatic rings. The van der Waals surface area contributed by atoms with Crippen molar-refractivity contribution in [1.29, 1.82) is 0 Å². The predicted molar refractivity (Wildman–Crippen MR) is 80.7 cm³/mol. The van der Waals surface area contributed by atoms with Gasteiger partial charge in [-0.05, 0) is 29.8 Å². The van der Waals surface area contributed by atoms with Crippen LogP contribution in [-0.4, -0.2) is 9.97 Å². The van der Waals surface area contributed by atoms with Crippen molar-refractivity contribution in [1.82, 2.24) is 4.98 Å². The average molecular weight is 284 g/mol. The first kappa shape index (κ1) is 12.6. The number of rotatable bonds is 4. The number of thiocarbonyl (C=S) groups is 1. The molecule has 4 nitrogen and oxygen atoms in total. The first-order chi connectivity index (χ1) is 9.75. The summed E-state index contributed by atoms with van der Waals surface area (Å²) >= 11 is 5.02. The van der Waals surface area contributed by atoms with Crippen LogP contribution in [0.5, 0.6) is 5.75 Å². The van der Waals surface area contributed by atoms with Gasteiger partial charge in [0.1, 0.15) is 17.2 Å². The minimum Gasteiger partial charge on any atom is -0.484 e. The Bertz CT molecular complexity index is 753. The second-order valence-electron chi connectivity index (χ2n) is 4.26. The quantitative estimate of drug-likeness (QED) is 0.746. The third-order valence-corrected chi connectivity index (χ3v) is 3.09. The molecule has 0 saturated carbocycles. The van der Waals surface area contributed by atoms with Gasteiger partial charge < -0.3 is 14.9 Å². The Kier molecular flexibility index (Phi) is 3.35. The summed E-state index contributed by atoms with van der Waals surface area (Å²) in [6.07, 6.45) is 3.45. The molecule has 3 aromatic rings. The Labute approximate surface area is 121 Å². The zero-order valence-electron chi connectivity index (χ0n) is 10.6. The normalized spacial score (nSPS) is 10.6. The maximum atomic E-state index is 5.85. The topological polar surface area (TPSA) is 61.3 Å². The Morgan fingerprint density at radius 2 is 1.95 bits per heavy atom.